The molecule has 0 radical (unpaired) electrons. The number of nitrogens with one attached hydrogen (secondary N) is 2. The van der Waals surface area contributed by atoms with Gasteiger partial charge in [0.1, 0.15) is 0 Å². The van der Waals surface area contributed by atoms with Crippen molar-refractivity contribution in [1.82, 2.24) is 10.6 Å². The maximum absolute atomic E-state index is 9.62. The summed E-state index contributed by atoms with van der Waals surface area (Å²) in [6, 6.07) is 0.222. The molecule has 0 saturated heterocycles. The molecule has 0 heterocycles. The highest BCUT2D eigenvalue weighted by molar-refractivity contribution is 4.73. The van der Waals surface area contributed by atoms with Crippen LogP contribution in [0.25, 0.3) is 0 Å². The summed E-state index contributed by atoms with van der Waals surface area (Å²) in [6.07, 6.45) is 1.54. The van der Waals surface area contributed by atoms with Crippen LogP contribution in [0.2, 0.25) is 0 Å². The fourth-order valence-corrected chi connectivity index (χ4v) is 1.41. The average Bonchev–Trinajstić information content (AvgIpc) is 2.22. The Morgan fingerprint density at radius 2 is 1.86 bits per heavy atom. The number of aliphatic hydroxyl groups excluding tert-OH is 1. The summed E-state index contributed by atoms with van der Waals surface area (Å²) >= 11 is 0. The summed E-state index contributed by atoms with van der Waals surface area (Å²) in [5.41, 5.74) is 5.34. The minimum atomic E-state index is -0.227. The summed E-state index contributed by atoms with van der Waals surface area (Å²) in [5, 5.41) is 16.1. The Hall–Kier alpha value is -0.160. The fourth-order valence-electron chi connectivity index (χ4n) is 1.41. The number of nitrogens with two attached hydrogens (primary N) is 1. The lowest BCUT2D eigenvalue weighted by molar-refractivity contribution is 0.121. The van der Waals surface area contributed by atoms with Gasteiger partial charge in [0.05, 0.1) is 6.10 Å². The van der Waals surface area contributed by atoms with Gasteiger partial charge in [-0.15, -0.1) is 0 Å². The number of hydrogen-bond acceptors (Lipinski definition) is 4. The molecule has 5 N–H and O–H groups in total. The van der Waals surface area contributed by atoms with Crippen LogP contribution in [0.15, 0.2) is 0 Å². The normalized spacial score (nSPS) is 15.4. The van der Waals surface area contributed by atoms with Crippen molar-refractivity contribution < 1.29 is 5.11 Å². The second-order valence-corrected chi connectivity index (χ2v) is 3.48. The molecule has 86 valence electrons. The monoisotopic (exact) mass is 203 g/mol. The van der Waals surface area contributed by atoms with Gasteiger partial charge in [-0.05, 0) is 12.8 Å². The first-order chi connectivity index (χ1) is 6.76. The van der Waals surface area contributed by atoms with E-state index in [1.54, 1.807) is 0 Å². The molecule has 0 aromatic carbocycles. The minimum absolute atomic E-state index is 0.222. The van der Waals surface area contributed by atoms with Crippen LogP contribution in [-0.4, -0.2) is 43.4 Å². The largest absolute Gasteiger partial charge is 0.392 e. The van der Waals surface area contributed by atoms with Gasteiger partial charge in [0.25, 0.3) is 0 Å². The summed E-state index contributed by atoms with van der Waals surface area (Å²) < 4.78 is 0. The Balaban J connectivity index is 3.42. The Kier molecular flexibility index (Phi) is 9.29. The van der Waals surface area contributed by atoms with Crippen molar-refractivity contribution >= 4 is 0 Å². The average molecular weight is 203 g/mol. The van der Waals surface area contributed by atoms with Crippen LogP contribution in [0.5, 0.6) is 0 Å². The maximum Gasteiger partial charge on any atom is 0.0690 e. The molecule has 0 aliphatic heterocycles. The van der Waals surface area contributed by atoms with Gasteiger partial charge in [-0.25, -0.2) is 0 Å². The van der Waals surface area contributed by atoms with Crippen LogP contribution >= 0.6 is 0 Å². The summed E-state index contributed by atoms with van der Waals surface area (Å²) in [5.74, 6) is 0. The first kappa shape index (κ1) is 13.8. The first-order valence-electron chi connectivity index (χ1n) is 5.58. The van der Waals surface area contributed by atoms with Crippen LogP contribution in [0, 0.1) is 0 Å². The highest BCUT2D eigenvalue weighted by atomic mass is 16.3. The third-order valence-corrected chi connectivity index (χ3v) is 2.35. The standard InChI is InChI=1S/C10H25N3O/c1-3-9(10(14)4-2)13-8-7-12-6-5-11/h9-10,12-14H,3-8,11H2,1-2H3. The smallest absolute Gasteiger partial charge is 0.0690 e. The lowest BCUT2D eigenvalue weighted by Crippen LogP contribution is -2.42. The molecule has 2 unspecified atom stereocenters. The molecule has 0 aromatic rings. The highest BCUT2D eigenvalue weighted by Gasteiger charge is 2.13. The Labute approximate surface area is 87.3 Å². The topological polar surface area (TPSA) is 70.3 Å². The molecule has 0 amide bonds. The van der Waals surface area contributed by atoms with Crippen LogP contribution in [0.1, 0.15) is 26.7 Å². The molecule has 4 nitrogen and oxygen atoms in total. The van der Waals surface area contributed by atoms with E-state index in [-0.39, 0.29) is 12.1 Å². The Morgan fingerprint density at radius 1 is 1.14 bits per heavy atom. The van der Waals surface area contributed by atoms with Gasteiger partial charge in [0.15, 0.2) is 0 Å². The predicted octanol–water partition coefficient (Wildman–Crippen LogP) is -0.326. The van der Waals surface area contributed by atoms with Gasteiger partial charge in [-0.2, -0.15) is 0 Å². The molecule has 2 atom stereocenters. The first-order valence-corrected chi connectivity index (χ1v) is 5.58. The van der Waals surface area contributed by atoms with Gasteiger partial charge in [0, 0.05) is 32.2 Å². The van der Waals surface area contributed by atoms with Crippen molar-refractivity contribution in [2.75, 3.05) is 26.2 Å². The quantitative estimate of drug-likeness (QED) is 0.387. The third-order valence-electron chi connectivity index (χ3n) is 2.35. The van der Waals surface area contributed by atoms with Crippen molar-refractivity contribution in [3.63, 3.8) is 0 Å². The predicted molar refractivity (Wildman–Crippen MR) is 60.3 cm³/mol. The van der Waals surface area contributed by atoms with Gasteiger partial charge in [0.2, 0.25) is 0 Å². The van der Waals surface area contributed by atoms with E-state index < -0.39 is 0 Å². The van der Waals surface area contributed by atoms with Gasteiger partial charge in [-0.1, -0.05) is 13.8 Å². The zero-order valence-electron chi connectivity index (χ0n) is 9.42. The van der Waals surface area contributed by atoms with Crippen LogP contribution in [0.3, 0.4) is 0 Å². The molecule has 0 aliphatic rings. The van der Waals surface area contributed by atoms with E-state index in [2.05, 4.69) is 17.6 Å². The van der Waals surface area contributed by atoms with Gasteiger partial charge >= 0.3 is 0 Å². The van der Waals surface area contributed by atoms with E-state index in [4.69, 9.17) is 5.73 Å². The van der Waals surface area contributed by atoms with E-state index in [1.807, 2.05) is 6.92 Å². The lowest BCUT2D eigenvalue weighted by atomic mass is 10.1. The molecule has 0 fully saturated rings. The lowest BCUT2D eigenvalue weighted by Gasteiger charge is -2.21. The minimum Gasteiger partial charge on any atom is -0.392 e. The Morgan fingerprint density at radius 3 is 2.36 bits per heavy atom. The number of hydrogen-bond donors (Lipinski definition) is 4. The van der Waals surface area contributed by atoms with E-state index in [9.17, 15) is 5.11 Å². The van der Waals surface area contributed by atoms with Crippen molar-refractivity contribution in [2.45, 2.75) is 38.8 Å². The zero-order valence-corrected chi connectivity index (χ0v) is 9.42. The van der Waals surface area contributed by atoms with Gasteiger partial charge in [-0.3, -0.25) is 0 Å². The molecule has 0 saturated carbocycles. The molecule has 0 aliphatic carbocycles. The summed E-state index contributed by atoms with van der Waals surface area (Å²) in [7, 11) is 0. The molecule has 0 rings (SSSR count). The molecular weight excluding hydrogens is 178 g/mol. The number of rotatable bonds is 9. The zero-order chi connectivity index (χ0) is 10.8. The molecule has 4 heteroatoms. The molecular formula is C10H25N3O. The Bertz CT molecular complexity index is 122. The van der Waals surface area contributed by atoms with Gasteiger partial charge < -0.3 is 21.5 Å². The van der Waals surface area contributed by atoms with E-state index in [0.29, 0.717) is 6.54 Å². The third kappa shape index (κ3) is 6.32. The van der Waals surface area contributed by atoms with E-state index in [0.717, 1.165) is 32.5 Å². The second-order valence-electron chi connectivity index (χ2n) is 3.48. The van der Waals surface area contributed by atoms with Crippen LogP contribution in [-0.2, 0) is 0 Å². The summed E-state index contributed by atoms with van der Waals surface area (Å²) in [4.78, 5) is 0. The second kappa shape index (κ2) is 9.40. The van der Waals surface area contributed by atoms with Crippen molar-refractivity contribution in [1.29, 1.82) is 0 Å². The maximum atomic E-state index is 9.62. The van der Waals surface area contributed by atoms with Crippen LogP contribution < -0.4 is 16.4 Å². The molecule has 0 aromatic heterocycles. The van der Waals surface area contributed by atoms with Crippen molar-refractivity contribution in [3.05, 3.63) is 0 Å². The van der Waals surface area contributed by atoms with Crippen molar-refractivity contribution in [3.8, 4) is 0 Å². The van der Waals surface area contributed by atoms with E-state index in [1.165, 1.54) is 0 Å². The van der Waals surface area contributed by atoms with Crippen molar-refractivity contribution in [2.24, 2.45) is 5.73 Å². The van der Waals surface area contributed by atoms with Crippen LogP contribution in [0.4, 0.5) is 0 Å². The highest BCUT2D eigenvalue weighted by Crippen LogP contribution is 2.01. The SMILES string of the molecule is CCC(O)C(CC)NCCNCCN. The molecule has 0 bridgehead atoms. The molecule has 0 spiro atoms. The number of aliphatic hydroxyl groups is 1. The fraction of sp³-hybridized carbons (Fsp3) is 1.00. The summed E-state index contributed by atoms with van der Waals surface area (Å²) in [6.45, 7) is 7.41. The molecule has 14 heavy (non-hydrogen) atoms. The van der Waals surface area contributed by atoms with E-state index >= 15 is 0 Å².